The van der Waals surface area contributed by atoms with Crippen LogP contribution in [0.5, 0.6) is 0 Å². The van der Waals surface area contributed by atoms with Crippen molar-refractivity contribution in [3.63, 3.8) is 0 Å². The van der Waals surface area contributed by atoms with Gasteiger partial charge in [0.1, 0.15) is 6.10 Å². The van der Waals surface area contributed by atoms with E-state index in [9.17, 15) is 19.7 Å². The molecule has 0 spiro atoms. The highest BCUT2D eigenvalue weighted by atomic mass is 16.6. The Labute approximate surface area is 128 Å². The minimum absolute atomic E-state index is 0.0708. The maximum atomic E-state index is 11.7. The molecule has 1 aromatic carbocycles. The van der Waals surface area contributed by atoms with Crippen LogP contribution in [0.15, 0.2) is 24.3 Å². The van der Waals surface area contributed by atoms with Crippen LogP contribution in [-0.2, 0) is 19.1 Å². The molecule has 0 aliphatic heterocycles. The average molecular weight is 309 g/mol. The van der Waals surface area contributed by atoms with Crippen LogP contribution in [0.25, 0.3) is 0 Å². The number of non-ortho nitro benzene ring substituents is 1. The van der Waals surface area contributed by atoms with E-state index in [1.54, 1.807) is 6.92 Å². The lowest BCUT2D eigenvalue weighted by atomic mass is 10.1. The number of ether oxygens (including phenoxy) is 2. The quantitative estimate of drug-likeness (QED) is 0.416. The fourth-order valence-electron chi connectivity index (χ4n) is 1.83. The average Bonchev–Trinajstić information content (AvgIpc) is 2.47. The second-order valence-electron chi connectivity index (χ2n) is 4.59. The van der Waals surface area contributed by atoms with Crippen molar-refractivity contribution in [1.29, 1.82) is 0 Å². The zero-order valence-corrected chi connectivity index (χ0v) is 12.6. The number of nitro groups is 1. The van der Waals surface area contributed by atoms with Gasteiger partial charge < -0.3 is 9.47 Å². The van der Waals surface area contributed by atoms with Gasteiger partial charge in [0.2, 0.25) is 0 Å². The molecule has 0 radical (unpaired) electrons. The van der Waals surface area contributed by atoms with Crippen LogP contribution in [0.2, 0.25) is 0 Å². The third kappa shape index (κ3) is 5.51. The largest absolute Gasteiger partial charge is 0.466 e. The molecule has 0 saturated heterocycles. The molecular weight excluding hydrogens is 290 g/mol. The molecule has 1 atom stereocenters. The van der Waals surface area contributed by atoms with Crippen molar-refractivity contribution in [2.45, 2.75) is 39.2 Å². The van der Waals surface area contributed by atoms with E-state index in [2.05, 4.69) is 0 Å². The maximum absolute atomic E-state index is 11.7. The number of carbonyl (C=O) groups is 2. The van der Waals surface area contributed by atoms with Gasteiger partial charge in [0, 0.05) is 18.6 Å². The molecule has 22 heavy (non-hydrogen) atoms. The number of carbonyl (C=O) groups excluding carboxylic acids is 2. The van der Waals surface area contributed by atoms with E-state index in [-0.39, 0.29) is 25.1 Å². The Morgan fingerprint density at radius 3 is 2.32 bits per heavy atom. The first-order valence-corrected chi connectivity index (χ1v) is 7.07. The van der Waals surface area contributed by atoms with Crippen molar-refractivity contribution in [3.8, 4) is 0 Å². The molecule has 120 valence electrons. The van der Waals surface area contributed by atoms with Gasteiger partial charge >= 0.3 is 11.9 Å². The van der Waals surface area contributed by atoms with Crippen LogP contribution in [0.4, 0.5) is 5.69 Å². The van der Waals surface area contributed by atoms with Crippen LogP contribution in [0, 0.1) is 10.1 Å². The summed E-state index contributed by atoms with van der Waals surface area (Å²) in [6, 6.07) is 5.56. The summed E-state index contributed by atoms with van der Waals surface area (Å²) >= 11 is 0. The molecule has 0 N–H and O–H groups in total. The fourth-order valence-corrected chi connectivity index (χ4v) is 1.83. The Morgan fingerprint density at radius 2 is 1.82 bits per heavy atom. The van der Waals surface area contributed by atoms with Crippen molar-refractivity contribution < 1.29 is 24.0 Å². The van der Waals surface area contributed by atoms with Gasteiger partial charge in [-0.15, -0.1) is 0 Å². The Balaban J connectivity index is 2.89. The number of benzene rings is 1. The van der Waals surface area contributed by atoms with E-state index in [1.165, 1.54) is 24.3 Å². The molecule has 0 heterocycles. The topological polar surface area (TPSA) is 95.7 Å². The molecule has 7 nitrogen and oxygen atoms in total. The van der Waals surface area contributed by atoms with Crippen LogP contribution < -0.4 is 0 Å². The number of esters is 2. The van der Waals surface area contributed by atoms with Gasteiger partial charge in [-0.05, 0) is 31.0 Å². The van der Waals surface area contributed by atoms with Crippen LogP contribution in [0.1, 0.15) is 44.8 Å². The van der Waals surface area contributed by atoms with Gasteiger partial charge in [0.25, 0.3) is 5.69 Å². The normalized spacial score (nSPS) is 11.5. The lowest BCUT2D eigenvalue weighted by molar-refractivity contribution is -0.384. The van der Waals surface area contributed by atoms with Crippen molar-refractivity contribution in [1.82, 2.24) is 0 Å². The molecule has 0 saturated carbocycles. The van der Waals surface area contributed by atoms with Crippen molar-refractivity contribution in [3.05, 3.63) is 39.9 Å². The summed E-state index contributed by atoms with van der Waals surface area (Å²) in [7, 11) is 0. The van der Waals surface area contributed by atoms with E-state index in [0.29, 0.717) is 12.0 Å². The molecule has 0 bridgehead atoms. The fraction of sp³-hybridized carbons (Fsp3) is 0.467. The van der Waals surface area contributed by atoms with Gasteiger partial charge in [-0.3, -0.25) is 19.7 Å². The summed E-state index contributed by atoms with van der Waals surface area (Å²) in [4.78, 5) is 33.4. The zero-order valence-electron chi connectivity index (χ0n) is 12.6. The highest BCUT2D eigenvalue weighted by Gasteiger charge is 2.21. The summed E-state index contributed by atoms with van der Waals surface area (Å²) in [6.45, 7) is 3.75. The molecule has 0 aliphatic carbocycles. The Kier molecular flexibility index (Phi) is 7.01. The second-order valence-corrected chi connectivity index (χ2v) is 4.59. The highest BCUT2D eigenvalue weighted by molar-refractivity contribution is 5.73. The van der Waals surface area contributed by atoms with E-state index >= 15 is 0 Å². The van der Waals surface area contributed by atoms with E-state index in [1.807, 2.05) is 6.92 Å². The molecular formula is C15H19NO6. The summed E-state index contributed by atoms with van der Waals surface area (Å²) in [5.41, 5.74) is 0.446. The zero-order chi connectivity index (χ0) is 16.5. The number of hydrogen-bond acceptors (Lipinski definition) is 6. The van der Waals surface area contributed by atoms with Crippen LogP contribution in [-0.4, -0.2) is 23.5 Å². The molecule has 1 unspecified atom stereocenters. The van der Waals surface area contributed by atoms with Crippen LogP contribution in [0.3, 0.4) is 0 Å². The summed E-state index contributed by atoms with van der Waals surface area (Å²) < 4.78 is 10.1. The van der Waals surface area contributed by atoms with Crippen molar-refractivity contribution >= 4 is 17.6 Å². The molecule has 1 rings (SSSR count). The third-order valence-corrected chi connectivity index (χ3v) is 2.86. The molecule has 1 aromatic rings. The Bertz CT molecular complexity index is 505. The van der Waals surface area contributed by atoms with Gasteiger partial charge in [-0.1, -0.05) is 6.92 Å². The summed E-state index contributed by atoms with van der Waals surface area (Å²) in [6.07, 6.45) is -0.0579. The van der Waals surface area contributed by atoms with Gasteiger partial charge in [0.05, 0.1) is 18.0 Å². The Hall–Kier alpha value is -2.44. The van der Waals surface area contributed by atoms with E-state index in [4.69, 9.17) is 9.47 Å². The summed E-state index contributed by atoms with van der Waals surface area (Å²) in [5.74, 6) is -0.912. The number of nitro benzene ring substituents is 1. The van der Waals surface area contributed by atoms with Gasteiger partial charge in [0.15, 0.2) is 0 Å². The van der Waals surface area contributed by atoms with Crippen LogP contribution >= 0.6 is 0 Å². The Morgan fingerprint density at radius 1 is 1.18 bits per heavy atom. The highest BCUT2D eigenvalue weighted by Crippen LogP contribution is 2.25. The molecule has 0 aliphatic rings. The smallest absolute Gasteiger partial charge is 0.309 e. The predicted octanol–water partition coefficient (Wildman–Crippen LogP) is 2.93. The third-order valence-electron chi connectivity index (χ3n) is 2.86. The predicted molar refractivity (Wildman–Crippen MR) is 78.1 cm³/mol. The number of rotatable bonds is 8. The minimum Gasteiger partial charge on any atom is -0.466 e. The van der Waals surface area contributed by atoms with Gasteiger partial charge in [-0.25, -0.2) is 0 Å². The first-order chi connectivity index (χ1) is 10.5. The van der Waals surface area contributed by atoms with E-state index < -0.39 is 23.0 Å². The second kappa shape index (κ2) is 8.76. The monoisotopic (exact) mass is 309 g/mol. The first-order valence-electron chi connectivity index (χ1n) is 7.07. The number of nitrogens with zero attached hydrogens (tertiary/aromatic N) is 1. The lowest BCUT2D eigenvalue weighted by Gasteiger charge is -2.17. The summed E-state index contributed by atoms with van der Waals surface area (Å²) in [5, 5.41) is 10.7. The van der Waals surface area contributed by atoms with E-state index in [0.717, 1.165) is 0 Å². The standard InChI is InChI=1S/C15H19NO6/c1-3-5-14(17)22-13(10-15(18)21-4-2)11-6-8-12(9-7-11)16(19)20/h6-9,13H,3-5,10H2,1-2H3. The lowest BCUT2D eigenvalue weighted by Crippen LogP contribution is -2.16. The van der Waals surface area contributed by atoms with Crippen molar-refractivity contribution in [2.75, 3.05) is 6.61 Å². The molecule has 0 amide bonds. The maximum Gasteiger partial charge on any atom is 0.309 e. The first kappa shape index (κ1) is 17.6. The minimum atomic E-state index is -0.807. The molecule has 0 aromatic heterocycles. The van der Waals surface area contributed by atoms with Crippen molar-refractivity contribution in [2.24, 2.45) is 0 Å². The number of hydrogen-bond donors (Lipinski definition) is 0. The van der Waals surface area contributed by atoms with Gasteiger partial charge in [-0.2, -0.15) is 0 Å². The molecule has 7 heteroatoms. The molecule has 0 fully saturated rings. The SMILES string of the molecule is CCCC(=O)OC(CC(=O)OCC)c1ccc([N+](=O)[O-])cc1.